The van der Waals surface area contributed by atoms with Crippen LogP contribution in [0.25, 0.3) is 11.4 Å². The van der Waals surface area contributed by atoms with Crippen LogP contribution < -0.4 is 25.0 Å². The van der Waals surface area contributed by atoms with Crippen LogP contribution >= 0.6 is 11.3 Å². The van der Waals surface area contributed by atoms with Crippen LogP contribution in [0.15, 0.2) is 67.1 Å². The van der Waals surface area contributed by atoms with Gasteiger partial charge in [0.2, 0.25) is 11.8 Å². The highest BCUT2D eigenvalue weighted by Gasteiger charge is 2.24. The fourth-order valence-corrected chi connectivity index (χ4v) is 6.94. The molecule has 242 valence electrons. The van der Waals surface area contributed by atoms with Crippen molar-refractivity contribution in [1.29, 1.82) is 0 Å². The molecule has 1 fully saturated rings. The zero-order valence-corrected chi connectivity index (χ0v) is 27.0. The van der Waals surface area contributed by atoms with Gasteiger partial charge in [0.1, 0.15) is 11.9 Å². The molecule has 1 saturated heterocycles. The minimum atomic E-state index is -0.712. The predicted octanol–water partition coefficient (Wildman–Crippen LogP) is 3.74. The van der Waals surface area contributed by atoms with Crippen molar-refractivity contribution in [3.63, 3.8) is 0 Å². The van der Waals surface area contributed by atoms with E-state index in [-0.39, 0.29) is 18.4 Å². The largest absolute Gasteiger partial charge is 0.493 e. The molecule has 4 heterocycles. The second-order valence-corrected chi connectivity index (χ2v) is 12.7. The summed E-state index contributed by atoms with van der Waals surface area (Å²) in [5.74, 6) is 1.62. The van der Waals surface area contributed by atoms with E-state index in [1.807, 2.05) is 65.5 Å². The number of anilines is 1. The number of ether oxygens (including phenoxy) is 2. The van der Waals surface area contributed by atoms with Crippen molar-refractivity contribution in [2.24, 2.45) is 0 Å². The zero-order valence-electron chi connectivity index (χ0n) is 26.2. The number of aromatic nitrogens is 3. The minimum absolute atomic E-state index is 0.146. The molecule has 2 aromatic carbocycles. The highest BCUT2D eigenvalue weighted by molar-refractivity contribution is 7.15. The van der Waals surface area contributed by atoms with Gasteiger partial charge in [-0.3, -0.25) is 14.5 Å². The van der Waals surface area contributed by atoms with Gasteiger partial charge in [-0.25, -0.2) is 9.97 Å². The second-order valence-electron chi connectivity index (χ2n) is 11.6. The number of benzene rings is 2. The molecule has 46 heavy (non-hydrogen) atoms. The molecule has 2 aliphatic heterocycles. The molecule has 2 amide bonds. The first-order valence-electron chi connectivity index (χ1n) is 15.9. The van der Waals surface area contributed by atoms with E-state index in [9.17, 15) is 9.59 Å². The van der Waals surface area contributed by atoms with Gasteiger partial charge < -0.3 is 29.6 Å². The van der Waals surface area contributed by atoms with Crippen LogP contribution in [0, 0.1) is 0 Å². The molecule has 0 unspecified atom stereocenters. The number of nitrogens with zero attached hydrogens (tertiary/aromatic N) is 5. The smallest absolute Gasteiger partial charge is 0.242 e. The number of hydrogen-bond donors (Lipinski definition) is 2. The Morgan fingerprint density at radius 1 is 1.02 bits per heavy atom. The van der Waals surface area contributed by atoms with E-state index < -0.39 is 6.04 Å². The van der Waals surface area contributed by atoms with Crippen LogP contribution in [-0.4, -0.2) is 83.7 Å². The maximum Gasteiger partial charge on any atom is 0.242 e. The summed E-state index contributed by atoms with van der Waals surface area (Å²) in [5.41, 5.74) is 1.87. The molecule has 2 aliphatic rings. The number of amides is 2. The Labute approximate surface area is 273 Å². The number of imidazole rings is 1. The quantitative estimate of drug-likeness (QED) is 0.327. The first-order chi connectivity index (χ1) is 22.6. The maximum atomic E-state index is 13.6. The third-order valence-corrected chi connectivity index (χ3v) is 9.31. The monoisotopic (exact) mass is 643 g/mol. The fraction of sp³-hybridized carbons (Fsp3) is 0.412. The highest BCUT2D eigenvalue weighted by atomic mass is 32.1. The van der Waals surface area contributed by atoms with E-state index >= 15 is 0 Å². The lowest BCUT2D eigenvalue weighted by molar-refractivity contribution is -0.129. The summed E-state index contributed by atoms with van der Waals surface area (Å²) in [6.45, 7) is 4.74. The Morgan fingerprint density at radius 2 is 1.87 bits per heavy atom. The lowest BCUT2D eigenvalue weighted by Crippen LogP contribution is -2.51. The van der Waals surface area contributed by atoms with E-state index in [4.69, 9.17) is 9.47 Å². The van der Waals surface area contributed by atoms with Crippen LogP contribution in [0.1, 0.15) is 29.7 Å². The van der Waals surface area contributed by atoms with Gasteiger partial charge in [0.05, 0.1) is 20.3 Å². The Hall–Kier alpha value is -4.42. The van der Waals surface area contributed by atoms with E-state index in [2.05, 4.69) is 30.4 Å². The van der Waals surface area contributed by atoms with Crippen molar-refractivity contribution in [1.82, 2.24) is 30.1 Å². The maximum absolute atomic E-state index is 13.6. The highest BCUT2D eigenvalue weighted by Crippen LogP contribution is 2.32. The van der Waals surface area contributed by atoms with E-state index in [1.165, 1.54) is 12.8 Å². The number of thiazole rings is 1. The minimum Gasteiger partial charge on any atom is -0.493 e. The summed E-state index contributed by atoms with van der Waals surface area (Å²) < 4.78 is 13.8. The lowest BCUT2D eigenvalue weighted by atomic mass is 10.1. The van der Waals surface area contributed by atoms with Crippen molar-refractivity contribution in [3.05, 3.63) is 77.6 Å². The Morgan fingerprint density at radius 3 is 2.70 bits per heavy atom. The molecular formula is C34H41N7O4S. The molecule has 11 nitrogen and oxygen atoms in total. The molecule has 2 bridgehead atoms. The van der Waals surface area contributed by atoms with Gasteiger partial charge in [-0.2, -0.15) is 0 Å². The van der Waals surface area contributed by atoms with Gasteiger partial charge in [-0.15, -0.1) is 11.3 Å². The Kier molecular flexibility index (Phi) is 10.5. The van der Waals surface area contributed by atoms with Gasteiger partial charge in [0.25, 0.3) is 0 Å². The standard InChI is InChI=1S/C34H41N7O4S/c1-44-29-11-10-26-21-30(29)45-19-7-14-39(23-27-22-37-34(46-27)41-15-5-6-16-41)24-31(42)38-28(20-25-8-3-2-4-9-25)33(43)36-13-18-40-17-12-35-32(26)40/h2-4,8-12,17,21-22,28H,5-7,13-16,18-20,23-24H2,1H3,(H,36,43)(H,38,42)/t28-/m0/s1. The van der Waals surface area contributed by atoms with Crippen molar-refractivity contribution in [2.45, 2.75) is 44.8 Å². The van der Waals surface area contributed by atoms with E-state index in [0.29, 0.717) is 57.1 Å². The summed E-state index contributed by atoms with van der Waals surface area (Å²) in [4.78, 5) is 41.9. The van der Waals surface area contributed by atoms with Gasteiger partial charge in [0.15, 0.2) is 16.6 Å². The summed E-state index contributed by atoms with van der Waals surface area (Å²) >= 11 is 1.68. The van der Waals surface area contributed by atoms with E-state index in [1.54, 1.807) is 24.6 Å². The van der Waals surface area contributed by atoms with Crippen LogP contribution in [-0.2, 0) is 29.1 Å². The summed E-state index contributed by atoms with van der Waals surface area (Å²) in [7, 11) is 1.63. The molecule has 12 heteroatoms. The fourth-order valence-electron chi connectivity index (χ4n) is 5.93. The Balaban J connectivity index is 1.24. The normalized spacial score (nSPS) is 18.5. The number of hydrogen-bond acceptors (Lipinski definition) is 9. The molecule has 0 saturated carbocycles. The first-order valence-corrected chi connectivity index (χ1v) is 16.7. The average Bonchev–Trinajstić information content (AvgIpc) is 3.86. The molecule has 2 aromatic heterocycles. The molecule has 1 atom stereocenters. The van der Waals surface area contributed by atoms with Crippen molar-refractivity contribution in [2.75, 3.05) is 51.3 Å². The molecule has 0 radical (unpaired) electrons. The number of fused-ring (bicyclic) bond motifs is 4. The zero-order chi connectivity index (χ0) is 31.7. The Bertz CT molecular complexity index is 1600. The SMILES string of the molecule is COc1ccc2cc1OCCCN(Cc1cnc(N3CCCC3)s1)CC(=O)N[C@@H](Cc1ccccc1)C(=O)NCCn1ccnc1-2. The van der Waals surface area contributed by atoms with Crippen molar-refractivity contribution in [3.8, 4) is 22.9 Å². The molecular weight excluding hydrogens is 602 g/mol. The van der Waals surface area contributed by atoms with Gasteiger partial charge >= 0.3 is 0 Å². The third kappa shape index (κ3) is 8.04. The predicted molar refractivity (Wildman–Crippen MR) is 178 cm³/mol. The summed E-state index contributed by atoms with van der Waals surface area (Å²) in [6.07, 6.45) is 9.01. The molecule has 2 N–H and O–H groups in total. The van der Waals surface area contributed by atoms with Gasteiger partial charge in [-0.1, -0.05) is 30.3 Å². The summed E-state index contributed by atoms with van der Waals surface area (Å²) in [6, 6.07) is 14.8. The second kappa shape index (κ2) is 15.2. The first kappa shape index (κ1) is 31.6. The topological polar surface area (TPSA) is 114 Å². The van der Waals surface area contributed by atoms with Crippen LogP contribution in [0.5, 0.6) is 11.5 Å². The van der Waals surface area contributed by atoms with Crippen molar-refractivity contribution < 1.29 is 19.1 Å². The van der Waals surface area contributed by atoms with E-state index in [0.717, 1.165) is 40.0 Å². The van der Waals surface area contributed by atoms with Crippen LogP contribution in [0.3, 0.4) is 0 Å². The number of rotatable bonds is 6. The number of carbonyl (C=O) groups excluding carboxylic acids is 2. The average molecular weight is 644 g/mol. The number of nitrogens with one attached hydrogen (secondary N) is 2. The van der Waals surface area contributed by atoms with Gasteiger partial charge in [0, 0.05) is 74.7 Å². The van der Waals surface area contributed by atoms with Crippen molar-refractivity contribution >= 4 is 28.3 Å². The lowest BCUT2D eigenvalue weighted by Gasteiger charge is -2.24. The number of methoxy groups -OCH3 is 1. The van der Waals surface area contributed by atoms with Crippen LogP contribution in [0.2, 0.25) is 0 Å². The molecule has 6 rings (SSSR count). The number of carbonyl (C=O) groups is 2. The van der Waals surface area contributed by atoms with Gasteiger partial charge in [-0.05, 0) is 43.0 Å². The third-order valence-electron chi connectivity index (χ3n) is 8.26. The molecule has 0 aliphatic carbocycles. The molecule has 0 spiro atoms. The summed E-state index contributed by atoms with van der Waals surface area (Å²) in [5, 5.41) is 7.12. The molecule has 4 aromatic rings. The van der Waals surface area contributed by atoms with Crippen LogP contribution in [0.4, 0.5) is 5.13 Å².